The summed E-state index contributed by atoms with van der Waals surface area (Å²) in [6.07, 6.45) is -19.8. The first kappa shape index (κ1) is 36.8. The average molecular weight is 613 g/mol. The van der Waals surface area contributed by atoms with Gasteiger partial charge in [-0.3, -0.25) is 13.8 Å². The highest BCUT2D eigenvalue weighted by Gasteiger charge is 2.45. The molecule has 0 aromatic rings. The zero-order valence-corrected chi connectivity index (χ0v) is 21.8. The molecule has 2 unspecified atom stereocenters. The molecule has 1 amide bonds. The Balaban J connectivity index is 0.000000453. The smallest absolute Gasteiger partial charge is 0.394 e. The van der Waals surface area contributed by atoms with Crippen LogP contribution in [0.25, 0.3) is 0 Å². The first-order valence-corrected chi connectivity index (χ1v) is 13.0. The van der Waals surface area contributed by atoms with Gasteiger partial charge in [0.2, 0.25) is 5.91 Å². The lowest BCUT2D eigenvalue weighted by molar-refractivity contribution is -0.285. The number of rotatable bonds is 11. The molecular weight excluding hydrogens is 577 g/mol. The van der Waals surface area contributed by atoms with Crippen molar-refractivity contribution >= 4 is 20.0 Å². The van der Waals surface area contributed by atoms with E-state index >= 15 is 0 Å². The third kappa shape index (κ3) is 10.5. The molecule has 21 heteroatoms. The minimum atomic E-state index is -4.83. The Labute approximate surface area is 226 Å². The number of ether oxygens (including phenoxy) is 2. The molecule has 0 aromatic heterocycles. The van der Waals surface area contributed by atoms with Gasteiger partial charge in [0.05, 0.1) is 19.8 Å². The van der Waals surface area contributed by atoms with E-state index in [2.05, 4.69) is 14.4 Å². The van der Waals surface area contributed by atoms with Crippen molar-refractivity contribution in [2.75, 3.05) is 19.8 Å². The second-order valence-electron chi connectivity index (χ2n) is 8.74. The van der Waals surface area contributed by atoms with Crippen LogP contribution >= 0.6 is 7.82 Å². The number of aliphatic hydroxyl groups excluding tert-OH is 11. The van der Waals surface area contributed by atoms with Gasteiger partial charge in [0, 0.05) is 6.92 Å². The Bertz CT molecular complexity index is 837. The van der Waals surface area contributed by atoms with E-state index in [0.717, 1.165) is 0 Å². The molecule has 2 saturated heterocycles. The lowest BCUT2D eigenvalue weighted by Crippen LogP contribution is -2.63. The topological polar surface area (TPSA) is 343 Å². The van der Waals surface area contributed by atoms with Crippen molar-refractivity contribution in [3.8, 4) is 0 Å². The number of hydrogen-bond donors (Lipinski definition) is 13. The molecule has 14 atom stereocenters. The van der Waals surface area contributed by atoms with Crippen LogP contribution in [0.2, 0.25) is 0 Å². The molecule has 236 valence electrons. The number of amides is 1. The van der Waals surface area contributed by atoms with Gasteiger partial charge in [-0.15, -0.1) is 0 Å². The number of carbonyl (C=O) groups is 2. The summed E-state index contributed by atoms with van der Waals surface area (Å²) in [5, 5.41) is 105. The Morgan fingerprint density at radius 1 is 0.900 bits per heavy atom. The molecule has 0 spiro atoms. The summed E-state index contributed by atoms with van der Waals surface area (Å²) < 4.78 is 30.0. The van der Waals surface area contributed by atoms with Crippen molar-refractivity contribution in [2.24, 2.45) is 0 Å². The average Bonchev–Trinajstić information content (AvgIpc) is 2.91. The van der Waals surface area contributed by atoms with Gasteiger partial charge in [-0.1, -0.05) is 0 Å². The van der Waals surface area contributed by atoms with E-state index in [1.54, 1.807) is 0 Å². The highest BCUT2D eigenvalue weighted by Crippen LogP contribution is 2.44. The van der Waals surface area contributed by atoms with Gasteiger partial charge >= 0.3 is 7.82 Å². The maximum atomic E-state index is 11.6. The van der Waals surface area contributed by atoms with Crippen LogP contribution in [-0.2, 0) is 32.7 Å². The minimum Gasteiger partial charge on any atom is -0.394 e. The largest absolute Gasteiger partial charge is 0.472 e. The summed E-state index contributed by atoms with van der Waals surface area (Å²) >= 11 is 0. The first-order valence-electron chi connectivity index (χ1n) is 11.5. The van der Waals surface area contributed by atoms with Gasteiger partial charge in [-0.25, -0.2) is 4.57 Å². The molecule has 2 fully saturated rings. The number of phosphoric ester groups is 1. The number of aldehydes is 1. The van der Waals surface area contributed by atoms with E-state index in [1.165, 1.54) is 6.92 Å². The monoisotopic (exact) mass is 613 g/mol. The number of nitrogens with one attached hydrogen (secondary N) is 1. The predicted octanol–water partition coefficient (Wildman–Crippen LogP) is -7.88. The molecule has 0 aromatic carbocycles. The fourth-order valence-corrected chi connectivity index (χ4v) is 4.09. The lowest BCUT2D eigenvalue weighted by Gasteiger charge is -2.40. The first-order chi connectivity index (χ1) is 18.5. The molecule has 0 radical (unpaired) electrons. The third-order valence-electron chi connectivity index (χ3n) is 5.65. The molecule has 2 heterocycles. The summed E-state index contributed by atoms with van der Waals surface area (Å²) in [4.78, 5) is 30.4. The van der Waals surface area contributed by atoms with E-state index in [4.69, 9.17) is 19.7 Å². The molecular formula is C19H36NO19P. The van der Waals surface area contributed by atoms with Crippen LogP contribution in [0.1, 0.15) is 6.92 Å². The van der Waals surface area contributed by atoms with Crippen molar-refractivity contribution in [3.63, 3.8) is 0 Å². The van der Waals surface area contributed by atoms with Gasteiger partial charge in [0.15, 0.2) is 18.9 Å². The van der Waals surface area contributed by atoms with Crippen molar-refractivity contribution in [1.82, 2.24) is 5.32 Å². The van der Waals surface area contributed by atoms with E-state index in [1.807, 2.05) is 0 Å². The van der Waals surface area contributed by atoms with Crippen LogP contribution in [0.15, 0.2) is 0 Å². The highest BCUT2D eigenvalue weighted by atomic mass is 31.2. The number of carbonyl (C=O) groups excluding carboxylic acids is 2. The predicted molar refractivity (Wildman–Crippen MR) is 122 cm³/mol. The van der Waals surface area contributed by atoms with E-state index < -0.39 is 113 Å². The quantitative estimate of drug-likeness (QED) is 0.0759. The van der Waals surface area contributed by atoms with Crippen LogP contribution in [0, 0.1) is 0 Å². The Morgan fingerprint density at radius 2 is 1.45 bits per heavy atom. The molecule has 2 aliphatic heterocycles. The molecule has 13 N–H and O–H groups in total. The fraction of sp³-hybridized carbons (Fsp3) is 0.895. The van der Waals surface area contributed by atoms with Gasteiger partial charge < -0.3 is 80.7 Å². The number of aliphatic hydroxyl groups is 11. The fourth-order valence-electron chi connectivity index (χ4n) is 3.34. The van der Waals surface area contributed by atoms with Crippen molar-refractivity contribution in [3.05, 3.63) is 0 Å². The lowest BCUT2D eigenvalue weighted by atomic mass is 9.97. The van der Waals surface area contributed by atoms with Gasteiger partial charge in [-0.2, -0.15) is 0 Å². The second kappa shape index (κ2) is 16.4. The van der Waals surface area contributed by atoms with Crippen LogP contribution in [-0.4, -0.2) is 173 Å². The summed E-state index contributed by atoms with van der Waals surface area (Å²) in [6, 6.07) is -1.10. The zero-order valence-electron chi connectivity index (χ0n) is 20.9. The maximum Gasteiger partial charge on any atom is 0.472 e. The number of hydrogen-bond acceptors (Lipinski definition) is 18. The third-order valence-corrected chi connectivity index (χ3v) is 6.60. The van der Waals surface area contributed by atoms with Crippen molar-refractivity contribution in [1.29, 1.82) is 0 Å². The maximum absolute atomic E-state index is 11.6. The summed E-state index contributed by atoms with van der Waals surface area (Å²) in [7, 11) is -4.83. The SMILES string of the molecule is CC(=O)N[C@@H]1[C@@H](O)[C@@H](O)[C@@H](CO)O[C@H]1O.O=C[C@H](O)[C@H](O)[C@H](O)COP(=O)(O)OC[C@H]1OC(O)[C@H](O)[C@@H](O)[C@@H]1O. The number of phosphoric acid groups is 1. The van der Waals surface area contributed by atoms with Crippen molar-refractivity contribution < 1.29 is 93.7 Å². The molecule has 0 saturated carbocycles. The van der Waals surface area contributed by atoms with Crippen LogP contribution in [0.5, 0.6) is 0 Å². The molecule has 2 rings (SSSR count). The van der Waals surface area contributed by atoms with Gasteiger partial charge in [0.1, 0.15) is 67.1 Å². The Kier molecular flexibility index (Phi) is 15.1. The summed E-state index contributed by atoms with van der Waals surface area (Å²) in [5.41, 5.74) is 0. The summed E-state index contributed by atoms with van der Waals surface area (Å²) in [6.45, 7) is -1.14. The van der Waals surface area contributed by atoms with Crippen molar-refractivity contribution in [2.45, 2.75) is 86.6 Å². The van der Waals surface area contributed by atoms with Crippen LogP contribution < -0.4 is 5.32 Å². The zero-order chi connectivity index (χ0) is 30.9. The van der Waals surface area contributed by atoms with Gasteiger partial charge in [-0.05, 0) is 0 Å². The highest BCUT2D eigenvalue weighted by molar-refractivity contribution is 7.47. The standard InChI is InChI=1S/C11H21O13P.C8H15NO6/c12-1-4(13)7(15)5(14)2-22-25(20,21)23-3-6-8(16)9(17)10(18)11(19)24-6;1-3(11)9-5-7(13)6(12)4(2-10)15-8(5)14/h1,4-11,13-19H,2-3H2,(H,20,21);4-8,10,12-14H,2H2,1H3,(H,9,11)/t4-,5+,6+,7-,8+,9-,10+,11?;4-,5-,6+,7-,8-/m01/s1. The van der Waals surface area contributed by atoms with Gasteiger partial charge in [0.25, 0.3) is 0 Å². The molecule has 0 bridgehead atoms. The molecule has 2 aliphatic rings. The molecule has 0 aliphatic carbocycles. The second-order valence-corrected chi connectivity index (χ2v) is 10.2. The van der Waals surface area contributed by atoms with E-state index in [0.29, 0.717) is 0 Å². The molecule has 20 nitrogen and oxygen atoms in total. The Morgan fingerprint density at radius 3 is 1.98 bits per heavy atom. The minimum absolute atomic E-state index is 0.0598. The van der Waals surface area contributed by atoms with Crippen LogP contribution in [0.4, 0.5) is 0 Å². The summed E-state index contributed by atoms with van der Waals surface area (Å²) in [5.74, 6) is -0.462. The Hall–Kier alpha value is -1.27. The van der Waals surface area contributed by atoms with E-state index in [9.17, 15) is 65.0 Å². The molecule has 40 heavy (non-hydrogen) atoms. The normalized spacial score (nSPS) is 38.1. The van der Waals surface area contributed by atoms with E-state index in [-0.39, 0.29) is 6.29 Å². The van der Waals surface area contributed by atoms with Crippen LogP contribution in [0.3, 0.4) is 0 Å².